The number of pyridine rings is 1. The van der Waals surface area contributed by atoms with Crippen molar-refractivity contribution in [2.24, 2.45) is 0 Å². The first-order chi connectivity index (χ1) is 22.7. The highest BCUT2D eigenvalue weighted by Gasteiger charge is 2.30. The Kier molecular flexibility index (Phi) is 9.89. The monoisotopic (exact) mass is 667 g/mol. The molecule has 2 aromatic heterocycles. The summed E-state index contributed by atoms with van der Waals surface area (Å²) in [7, 11) is 1.35. The minimum atomic E-state index is -0.680. The predicted octanol–water partition coefficient (Wildman–Crippen LogP) is 7.97. The fourth-order valence-corrected chi connectivity index (χ4v) is 7.79. The lowest BCUT2D eigenvalue weighted by Crippen LogP contribution is -2.44. The number of rotatable bonds is 11. The Morgan fingerprint density at radius 1 is 1.04 bits per heavy atom. The van der Waals surface area contributed by atoms with Crippen molar-refractivity contribution in [3.63, 3.8) is 0 Å². The summed E-state index contributed by atoms with van der Waals surface area (Å²) in [6, 6.07) is 25.8. The molecule has 3 heterocycles. The number of methoxy groups -OCH3 is 1. The van der Waals surface area contributed by atoms with Crippen LogP contribution in [0.5, 0.6) is 5.75 Å². The first-order valence-electron chi connectivity index (χ1n) is 15.8. The van der Waals surface area contributed by atoms with Crippen molar-refractivity contribution in [2.45, 2.75) is 63.0 Å². The van der Waals surface area contributed by atoms with Gasteiger partial charge in [0.25, 0.3) is 0 Å². The van der Waals surface area contributed by atoms with Crippen LogP contribution >= 0.6 is 23.4 Å². The lowest BCUT2D eigenvalue weighted by atomic mass is 10.0. The van der Waals surface area contributed by atoms with Gasteiger partial charge in [0, 0.05) is 70.0 Å². The molecule has 0 aliphatic carbocycles. The van der Waals surface area contributed by atoms with Crippen LogP contribution in [0.15, 0.2) is 90.0 Å². The van der Waals surface area contributed by atoms with E-state index in [1.54, 1.807) is 11.8 Å². The molecule has 0 radical (unpaired) electrons. The molecule has 1 aliphatic rings. The van der Waals surface area contributed by atoms with E-state index in [9.17, 15) is 9.59 Å². The van der Waals surface area contributed by atoms with Gasteiger partial charge >= 0.3 is 5.97 Å². The van der Waals surface area contributed by atoms with Crippen molar-refractivity contribution >= 4 is 46.1 Å². The molecule has 47 heavy (non-hydrogen) atoms. The molecule has 1 amide bonds. The van der Waals surface area contributed by atoms with Gasteiger partial charge in [0.2, 0.25) is 5.91 Å². The number of hydrogen-bond acceptors (Lipinski definition) is 6. The van der Waals surface area contributed by atoms with E-state index in [1.165, 1.54) is 29.9 Å². The molecule has 0 fully saturated rings. The minimum absolute atomic E-state index is 0.167. The molecule has 7 nitrogen and oxygen atoms in total. The molecule has 0 spiro atoms. The lowest BCUT2D eigenvalue weighted by molar-refractivity contribution is -0.151. The van der Waals surface area contributed by atoms with Gasteiger partial charge in [-0.25, -0.2) is 4.79 Å². The highest BCUT2D eigenvalue weighted by molar-refractivity contribution is 8.00. The molecule has 6 rings (SSSR count). The largest absolute Gasteiger partial charge is 0.487 e. The molecule has 9 heteroatoms. The molecule has 2 unspecified atom stereocenters. The summed E-state index contributed by atoms with van der Waals surface area (Å²) in [4.78, 5) is 32.5. The van der Waals surface area contributed by atoms with Gasteiger partial charge in [-0.1, -0.05) is 67.1 Å². The number of thioether (sulfide) groups is 1. The van der Waals surface area contributed by atoms with Crippen molar-refractivity contribution in [2.75, 3.05) is 13.7 Å². The summed E-state index contributed by atoms with van der Waals surface area (Å²) in [6.07, 6.45) is 3.34. The smallest absolute Gasteiger partial charge is 0.328 e. The Bertz CT molecular complexity index is 1890. The zero-order valence-corrected chi connectivity index (χ0v) is 28.6. The van der Waals surface area contributed by atoms with E-state index in [4.69, 9.17) is 21.1 Å². The molecule has 0 saturated carbocycles. The quantitative estimate of drug-likeness (QED) is 0.133. The number of carbonyl (C=O) groups excluding carboxylic acids is 2. The van der Waals surface area contributed by atoms with Crippen LogP contribution in [0.25, 0.3) is 22.0 Å². The van der Waals surface area contributed by atoms with Crippen LogP contribution in [0.1, 0.15) is 43.3 Å². The first kappa shape index (κ1) is 32.7. The van der Waals surface area contributed by atoms with Gasteiger partial charge in [0.15, 0.2) is 0 Å². The van der Waals surface area contributed by atoms with Crippen molar-refractivity contribution in [3.05, 3.63) is 113 Å². The van der Waals surface area contributed by atoms with E-state index in [1.807, 2.05) is 66.5 Å². The van der Waals surface area contributed by atoms with E-state index >= 15 is 0 Å². The van der Waals surface area contributed by atoms with E-state index in [2.05, 4.69) is 46.8 Å². The summed E-state index contributed by atoms with van der Waals surface area (Å²) in [5.41, 5.74) is 7.62. The Labute approximate surface area is 284 Å². The molecule has 5 aromatic rings. The second-order valence-electron chi connectivity index (χ2n) is 11.9. The normalized spacial score (nSPS) is 14.5. The number of esters is 1. The van der Waals surface area contributed by atoms with Crippen LogP contribution in [0.2, 0.25) is 5.02 Å². The lowest BCUT2D eigenvalue weighted by Gasteiger charge is -2.27. The number of amides is 1. The highest BCUT2D eigenvalue weighted by atomic mass is 35.5. The number of ether oxygens (including phenoxy) is 2. The molecule has 0 N–H and O–H groups in total. The second-order valence-corrected chi connectivity index (χ2v) is 13.8. The third-order valence-electron chi connectivity index (χ3n) is 8.73. The van der Waals surface area contributed by atoms with Crippen molar-refractivity contribution in [1.29, 1.82) is 0 Å². The van der Waals surface area contributed by atoms with Gasteiger partial charge in [0.05, 0.1) is 18.3 Å². The van der Waals surface area contributed by atoms with E-state index in [-0.39, 0.29) is 5.91 Å². The molecule has 0 bridgehead atoms. The van der Waals surface area contributed by atoms with E-state index in [0.717, 1.165) is 45.8 Å². The maximum Gasteiger partial charge on any atom is 0.328 e. The standard InChI is InChI=1S/C38H38ClN3O4S/c1-24-20-32-35(46-23-31-15-12-29(21-40-31)28-8-6-5-7-9-28)17-16-33-36(32)37(47-24)34(42(33)22-27-10-13-30(39)14-11-27)18-19-41(26(3)43)25(2)38(44)45-4/h5-17,21,24-25H,18-20,22-23H2,1-4H3. The zero-order chi connectivity index (χ0) is 33.1. The Morgan fingerprint density at radius 3 is 2.49 bits per heavy atom. The number of halogens is 1. The predicted molar refractivity (Wildman–Crippen MR) is 188 cm³/mol. The number of hydrogen-bond donors (Lipinski definition) is 0. The van der Waals surface area contributed by atoms with Crippen molar-refractivity contribution in [1.82, 2.24) is 14.5 Å². The molecule has 242 valence electrons. The number of aromatic nitrogens is 2. The summed E-state index contributed by atoms with van der Waals surface area (Å²) < 4.78 is 13.8. The third kappa shape index (κ3) is 7.04. The van der Waals surface area contributed by atoms with E-state index in [0.29, 0.717) is 36.4 Å². The maximum atomic E-state index is 12.7. The summed E-state index contributed by atoms with van der Waals surface area (Å²) in [5.74, 6) is 0.263. The fourth-order valence-electron chi connectivity index (χ4n) is 6.31. The van der Waals surface area contributed by atoms with Gasteiger partial charge in [-0.3, -0.25) is 9.78 Å². The SMILES string of the molecule is COC(=O)C(C)N(CCc1c2c3c(c(OCc4ccc(-c5ccccc5)cn4)ccc3n1Cc1ccc(Cl)cc1)CC(C)S2)C(C)=O. The van der Waals surface area contributed by atoms with Crippen LogP contribution in [0.4, 0.5) is 0 Å². The summed E-state index contributed by atoms with van der Waals surface area (Å²) in [5, 5.41) is 2.20. The average molecular weight is 668 g/mol. The van der Waals surface area contributed by atoms with Crippen molar-refractivity contribution < 1.29 is 19.1 Å². The van der Waals surface area contributed by atoms with Gasteiger partial charge < -0.3 is 18.9 Å². The summed E-state index contributed by atoms with van der Waals surface area (Å²) >= 11 is 8.08. The molecule has 3 aromatic carbocycles. The maximum absolute atomic E-state index is 12.7. The molecule has 0 saturated heterocycles. The van der Waals surface area contributed by atoms with E-state index < -0.39 is 12.0 Å². The Morgan fingerprint density at radius 2 is 1.81 bits per heavy atom. The molecule has 1 aliphatic heterocycles. The number of benzene rings is 3. The van der Waals surface area contributed by atoms with Gasteiger partial charge in [0.1, 0.15) is 18.4 Å². The average Bonchev–Trinajstić information content (AvgIpc) is 3.37. The fraction of sp³-hybridized carbons (Fsp3) is 0.289. The Balaban J connectivity index is 1.35. The van der Waals surface area contributed by atoms with Crippen LogP contribution in [0.3, 0.4) is 0 Å². The van der Waals surface area contributed by atoms with Crippen molar-refractivity contribution in [3.8, 4) is 16.9 Å². The summed E-state index contributed by atoms with van der Waals surface area (Å²) in [6.45, 7) is 6.83. The van der Waals surface area contributed by atoms with Gasteiger partial charge in [-0.05, 0) is 54.8 Å². The number of nitrogens with zero attached hydrogens (tertiary/aromatic N) is 3. The van der Waals surface area contributed by atoms with Crippen LogP contribution in [0, 0.1) is 0 Å². The highest BCUT2D eigenvalue weighted by Crippen LogP contribution is 2.47. The Hall–Kier alpha value is -4.27. The van der Waals surface area contributed by atoms with Gasteiger partial charge in [-0.2, -0.15) is 0 Å². The minimum Gasteiger partial charge on any atom is -0.487 e. The topological polar surface area (TPSA) is 73.7 Å². The third-order valence-corrected chi connectivity index (χ3v) is 10.2. The second kappa shape index (κ2) is 14.2. The number of carbonyl (C=O) groups is 2. The van der Waals surface area contributed by atoms with Crippen LogP contribution in [-0.2, 0) is 40.3 Å². The van der Waals surface area contributed by atoms with Gasteiger partial charge in [-0.15, -0.1) is 11.8 Å². The molecular weight excluding hydrogens is 630 g/mol. The molecule has 2 atom stereocenters. The zero-order valence-electron chi connectivity index (χ0n) is 27.0. The first-order valence-corrected chi connectivity index (χ1v) is 17.1. The van der Waals surface area contributed by atoms with Crippen LogP contribution < -0.4 is 4.74 Å². The molecular formula is C38H38ClN3O4S. The van der Waals surface area contributed by atoms with Crippen LogP contribution in [-0.4, -0.2) is 51.3 Å².